The van der Waals surface area contributed by atoms with Gasteiger partial charge >= 0.3 is 0 Å². The van der Waals surface area contributed by atoms with Crippen molar-refractivity contribution >= 4 is 11.6 Å². The highest BCUT2D eigenvalue weighted by Gasteiger charge is 2.24. The quantitative estimate of drug-likeness (QED) is 0.563. The Hall–Kier alpha value is -1.48. The molecular formula is C21H36N4O4. The van der Waals surface area contributed by atoms with Crippen LogP contribution in [0.15, 0.2) is 6.07 Å². The highest BCUT2D eigenvalue weighted by Crippen LogP contribution is 2.26. The van der Waals surface area contributed by atoms with E-state index in [1.54, 1.807) is 0 Å². The number of ether oxygens (including phenoxy) is 2. The van der Waals surface area contributed by atoms with Crippen LogP contribution in [0.25, 0.3) is 0 Å². The number of piperidine rings is 2. The van der Waals surface area contributed by atoms with Gasteiger partial charge in [0.1, 0.15) is 17.5 Å². The van der Waals surface area contributed by atoms with E-state index in [0.717, 1.165) is 69.3 Å². The molecule has 164 valence electrons. The topological polar surface area (TPSA) is 91.2 Å². The van der Waals surface area contributed by atoms with E-state index in [1.165, 1.54) is 0 Å². The first-order valence-corrected chi connectivity index (χ1v) is 11.0. The number of aliphatic hydroxyl groups is 2. The average Bonchev–Trinajstić information content (AvgIpc) is 2.75. The Morgan fingerprint density at radius 1 is 0.828 bits per heavy atom. The molecule has 0 spiro atoms. The zero-order valence-corrected chi connectivity index (χ0v) is 17.6. The Balaban J connectivity index is 1.52. The molecule has 3 heterocycles. The van der Waals surface area contributed by atoms with Gasteiger partial charge in [0.15, 0.2) is 0 Å². The van der Waals surface area contributed by atoms with Gasteiger partial charge in [0.05, 0.1) is 12.2 Å². The molecule has 0 atom stereocenters. The maximum Gasteiger partial charge on any atom is 0.134 e. The number of hydrogen-bond donors (Lipinski definition) is 2. The van der Waals surface area contributed by atoms with Gasteiger partial charge in [-0.15, -0.1) is 0 Å². The minimum absolute atomic E-state index is 0.188. The highest BCUT2D eigenvalue weighted by molar-refractivity contribution is 5.51. The van der Waals surface area contributed by atoms with Crippen LogP contribution in [0.3, 0.4) is 0 Å². The standard InChI is InChI=1S/C21H36N4O4/c1-17-22-20(24-8-4-18(5-9-24)28-14-2-12-26)16-21(23-17)25-10-6-19(7-11-25)29-15-3-13-27/h16,18-19,26-27H,2-15H2,1H3. The Morgan fingerprint density at radius 3 is 1.62 bits per heavy atom. The lowest BCUT2D eigenvalue weighted by atomic mass is 10.1. The average molecular weight is 409 g/mol. The van der Waals surface area contributed by atoms with E-state index in [9.17, 15) is 0 Å². The van der Waals surface area contributed by atoms with Crippen LogP contribution in [0.2, 0.25) is 0 Å². The lowest BCUT2D eigenvalue weighted by molar-refractivity contribution is 0.0292. The normalized spacial score (nSPS) is 19.1. The van der Waals surface area contributed by atoms with Gasteiger partial charge in [-0.25, -0.2) is 9.97 Å². The van der Waals surface area contributed by atoms with Gasteiger partial charge in [-0.3, -0.25) is 0 Å². The molecule has 8 nitrogen and oxygen atoms in total. The Morgan fingerprint density at radius 2 is 1.24 bits per heavy atom. The monoisotopic (exact) mass is 408 g/mol. The predicted molar refractivity (Wildman–Crippen MR) is 113 cm³/mol. The number of aliphatic hydroxyl groups excluding tert-OH is 2. The van der Waals surface area contributed by atoms with E-state index in [1.807, 2.05) is 6.92 Å². The maximum absolute atomic E-state index is 8.89. The van der Waals surface area contributed by atoms with Crippen molar-refractivity contribution < 1.29 is 19.7 Å². The Kier molecular flexibility index (Phi) is 8.92. The zero-order chi connectivity index (χ0) is 20.5. The molecule has 1 aromatic heterocycles. The molecule has 0 saturated carbocycles. The first-order valence-electron chi connectivity index (χ1n) is 11.0. The number of hydrogen-bond acceptors (Lipinski definition) is 8. The SMILES string of the molecule is Cc1nc(N2CCC(OCCCO)CC2)cc(N2CCC(OCCCO)CC2)n1. The molecule has 0 aliphatic carbocycles. The lowest BCUT2D eigenvalue weighted by Crippen LogP contribution is -2.39. The molecule has 0 bridgehead atoms. The smallest absolute Gasteiger partial charge is 0.134 e. The molecule has 2 aliphatic heterocycles. The summed E-state index contributed by atoms with van der Waals surface area (Å²) in [6.07, 6.45) is 5.92. The molecule has 8 heteroatoms. The third-order valence-electron chi connectivity index (χ3n) is 5.65. The van der Waals surface area contributed by atoms with Crippen LogP contribution in [0.5, 0.6) is 0 Å². The molecule has 0 radical (unpaired) electrons. The van der Waals surface area contributed by atoms with Crippen LogP contribution in [-0.4, -0.2) is 85.0 Å². The highest BCUT2D eigenvalue weighted by atomic mass is 16.5. The maximum atomic E-state index is 8.89. The van der Waals surface area contributed by atoms with Gasteiger partial charge in [-0.05, 0) is 45.4 Å². The number of aryl methyl sites for hydroxylation is 1. The van der Waals surface area contributed by atoms with E-state index in [-0.39, 0.29) is 25.4 Å². The third-order valence-corrected chi connectivity index (χ3v) is 5.65. The molecule has 29 heavy (non-hydrogen) atoms. The molecule has 2 fully saturated rings. The van der Waals surface area contributed by atoms with Crippen molar-refractivity contribution in [3.05, 3.63) is 11.9 Å². The van der Waals surface area contributed by atoms with Crippen molar-refractivity contribution in [1.82, 2.24) is 9.97 Å². The fourth-order valence-electron chi connectivity index (χ4n) is 3.99. The first-order chi connectivity index (χ1) is 14.2. The van der Waals surface area contributed by atoms with Gasteiger partial charge in [-0.2, -0.15) is 0 Å². The summed E-state index contributed by atoms with van der Waals surface area (Å²) in [4.78, 5) is 14.0. The zero-order valence-electron chi connectivity index (χ0n) is 17.6. The molecule has 0 unspecified atom stereocenters. The summed E-state index contributed by atoms with van der Waals surface area (Å²) in [5, 5.41) is 17.8. The van der Waals surface area contributed by atoms with E-state index in [4.69, 9.17) is 19.7 Å². The fourth-order valence-corrected chi connectivity index (χ4v) is 3.99. The van der Waals surface area contributed by atoms with Gasteiger partial charge in [0.25, 0.3) is 0 Å². The van der Waals surface area contributed by atoms with Gasteiger partial charge in [0.2, 0.25) is 0 Å². The van der Waals surface area contributed by atoms with Crippen molar-refractivity contribution in [2.24, 2.45) is 0 Å². The summed E-state index contributed by atoms with van der Waals surface area (Å²) in [6, 6.07) is 2.12. The molecule has 2 aliphatic rings. The second kappa shape index (κ2) is 11.6. The van der Waals surface area contributed by atoms with Crippen molar-refractivity contribution in [1.29, 1.82) is 0 Å². The van der Waals surface area contributed by atoms with Crippen molar-refractivity contribution in [3.8, 4) is 0 Å². The molecule has 2 N–H and O–H groups in total. The predicted octanol–water partition coefficient (Wildman–Crippen LogP) is 1.52. The van der Waals surface area contributed by atoms with Crippen LogP contribution >= 0.6 is 0 Å². The first kappa shape index (κ1) is 22.2. The van der Waals surface area contributed by atoms with Gasteiger partial charge in [0, 0.05) is 58.7 Å². The molecule has 3 rings (SSSR count). The number of nitrogens with zero attached hydrogens (tertiary/aromatic N) is 4. The molecular weight excluding hydrogens is 372 g/mol. The minimum Gasteiger partial charge on any atom is -0.396 e. The van der Waals surface area contributed by atoms with E-state index in [0.29, 0.717) is 26.1 Å². The Labute approximate surface area is 173 Å². The second-order valence-corrected chi connectivity index (χ2v) is 7.90. The summed E-state index contributed by atoms with van der Waals surface area (Å²) >= 11 is 0. The van der Waals surface area contributed by atoms with Crippen LogP contribution in [0.4, 0.5) is 11.6 Å². The van der Waals surface area contributed by atoms with Gasteiger partial charge in [-0.1, -0.05) is 0 Å². The van der Waals surface area contributed by atoms with Crippen LogP contribution in [-0.2, 0) is 9.47 Å². The molecule has 0 aromatic carbocycles. The molecule has 0 amide bonds. The Bertz CT molecular complexity index is 554. The summed E-state index contributed by atoms with van der Waals surface area (Å²) < 4.78 is 11.7. The van der Waals surface area contributed by atoms with Crippen LogP contribution in [0, 0.1) is 6.92 Å². The van der Waals surface area contributed by atoms with Crippen LogP contribution < -0.4 is 9.80 Å². The van der Waals surface area contributed by atoms with E-state index < -0.39 is 0 Å². The van der Waals surface area contributed by atoms with E-state index in [2.05, 4.69) is 25.8 Å². The van der Waals surface area contributed by atoms with Crippen molar-refractivity contribution in [2.75, 3.05) is 62.4 Å². The van der Waals surface area contributed by atoms with Crippen molar-refractivity contribution in [2.45, 2.75) is 57.7 Å². The number of rotatable bonds is 10. The van der Waals surface area contributed by atoms with Gasteiger partial charge < -0.3 is 29.5 Å². The summed E-state index contributed by atoms with van der Waals surface area (Å²) in [6.45, 7) is 7.33. The molecule has 2 saturated heterocycles. The second-order valence-electron chi connectivity index (χ2n) is 7.90. The number of anilines is 2. The summed E-state index contributed by atoms with van der Waals surface area (Å²) in [7, 11) is 0. The third kappa shape index (κ3) is 6.77. The lowest BCUT2D eigenvalue weighted by Gasteiger charge is -2.35. The molecule has 1 aromatic rings. The fraction of sp³-hybridized carbons (Fsp3) is 0.810. The summed E-state index contributed by atoms with van der Waals surface area (Å²) in [5.74, 6) is 2.81. The van der Waals surface area contributed by atoms with Crippen molar-refractivity contribution in [3.63, 3.8) is 0 Å². The van der Waals surface area contributed by atoms with E-state index >= 15 is 0 Å². The summed E-state index contributed by atoms with van der Waals surface area (Å²) in [5.41, 5.74) is 0. The largest absolute Gasteiger partial charge is 0.396 e. The number of aromatic nitrogens is 2. The minimum atomic E-state index is 0.188. The van der Waals surface area contributed by atoms with Crippen LogP contribution in [0.1, 0.15) is 44.3 Å².